The van der Waals surface area contributed by atoms with Gasteiger partial charge in [0.05, 0.1) is 40.2 Å². The van der Waals surface area contributed by atoms with Gasteiger partial charge in [-0.3, -0.25) is 14.3 Å². The van der Waals surface area contributed by atoms with E-state index in [1.807, 2.05) is 0 Å². The number of aliphatic hydroxyl groups excluding tert-OH is 1. The van der Waals surface area contributed by atoms with Gasteiger partial charge in [0.1, 0.15) is 6.04 Å². The van der Waals surface area contributed by atoms with E-state index in [2.05, 4.69) is 31.3 Å². The van der Waals surface area contributed by atoms with Crippen molar-refractivity contribution in [3.63, 3.8) is 0 Å². The minimum Gasteiger partial charge on any atom is -0.390 e. The number of likely N-dealkylation sites (tertiary alicyclic amines) is 1. The van der Waals surface area contributed by atoms with Crippen LogP contribution in [0.2, 0.25) is 5.02 Å². The molecule has 19 heteroatoms. The molecule has 4 heterocycles. The molecule has 48 heavy (non-hydrogen) atoms. The monoisotopic (exact) mass is 697 g/mol. The zero-order chi connectivity index (χ0) is 34.3. The highest BCUT2D eigenvalue weighted by molar-refractivity contribution is 6.34. The van der Waals surface area contributed by atoms with Gasteiger partial charge in [0.15, 0.2) is 11.5 Å². The summed E-state index contributed by atoms with van der Waals surface area (Å²) in [5, 5.41) is 24.6. The number of rotatable bonds is 7. The summed E-state index contributed by atoms with van der Waals surface area (Å²) in [6, 6.07) is 1.94. The van der Waals surface area contributed by atoms with Crippen molar-refractivity contribution in [3.05, 3.63) is 52.7 Å². The third kappa shape index (κ3) is 5.85. The van der Waals surface area contributed by atoms with Gasteiger partial charge in [0.2, 0.25) is 0 Å². The van der Waals surface area contributed by atoms with Gasteiger partial charge in [-0.2, -0.15) is 18.3 Å². The number of aliphatic hydroxyl groups is 1. The molecule has 6 atom stereocenters. The van der Waals surface area contributed by atoms with E-state index in [4.69, 9.17) is 11.6 Å². The normalized spacial score (nSPS) is 27.0. The number of anilines is 1. The fourth-order valence-corrected chi connectivity index (χ4v) is 6.73. The molecule has 0 spiro atoms. The highest BCUT2D eigenvalue weighted by Gasteiger charge is 2.60. The SMILES string of the molecule is Cn1c(-c2cn([C@H]3CC3(F)F)nc2C(F)(F)F)cnc1C(=O)Nc1ccc(C(=O)N[C@H]2[C@@H]3CN(C(=O)N[C@H]4CNC[C@@H]4O)C[C@@H]32)c(Cl)c1. The minimum absolute atomic E-state index is 0.0282. The van der Waals surface area contributed by atoms with E-state index < -0.39 is 53.7 Å². The summed E-state index contributed by atoms with van der Waals surface area (Å²) in [4.78, 5) is 44.2. The topological polar surface area (TPSA) is 158 Å². The number of aromatic nitrogens is 4. The lowest BCUT2D eigenvalue weighted by Gasteiger charge is -2.24. The molecule has 0 bridgehead atoms. The predicted octanol–water partition coefficient (Wildman–Crippen LogP) is 2.49. The molecular weight excluding hydrogens is 669 g/mol. The van der Waals surface area contributed by atoms with E-state index in [0.29, 0.717) is 30.9 Å². The van der Waals surface area contributed by atoms with Crippen molar-refractivity contribution in [3.8, 4) is 11.3 Å². The molecule has 256 valence electrons. The van der Waals surface area contributed by atoms with E-state index in [-0.39, 0.29) is 57.7 Å². The molecule has 4 amide bonds. The van der Waals surface area contributed by atoms with E-state index in [9.17, 15) is 41.4 Å². The van der Waals surface area contributed by atoms with Crippen molar-refractivity contribution >= 4 is 35.1 Å². The van der Waals surface area contributed by atoms with Gasteiger partial charge >= 0.3 is 12.2 Å². The lowest BCUT2D eigenvalue weighted by Crippen LogP contribution is -2.49. The summed E-state index contributed by atoms with van der Waals surface area (Å²) in [5.74, 6) is -4.50. The predicted molar refractivity (Wildman–Crippen MR) is 158 cm³/mol. The van der Waals surface area contributed by atoms with Crippen LogP contribution in [0.1, 0.15) is 39.1 Å². The first-order chi connectivity index (χ1) is 22.6. The number of carbonyl (C=O) groups excluding carboxylic acids is 3. The molecule has 0 radical (unpaired) electrons. The first-order valence-electron chi connectivity index (χ1n) is 15.0. The second-order valence-electron chi connectivity index (χ2n) is 12.5. The zero-order valence-electron chi connectivity index (χ0n) is 25.1. The molecule has 4 fully saturated rings. The van der Waals surface area contributed by atoms with E-state index in [1.165, 1.54) is 25.2 Å². The molecule has 13 nitrogen and oxygen atoms in total. The lowest BCUT2D eigenvalue weighted by atomic mass is 10.2. The highest BCUT2D eigenvalue weighted by atomic mass is 35.5. The molecule has 7 rings (SSSR count). The van der Waals surface area contributed by atoms with Gasteiger partial charge in [-0.15, -0.1) is 0 Å². The molecule has 2 aromatic heterocycles. The maximum atomic E-state index is 13.7. The number of β-amino-alcohol motifs (C(OH)–C–C–N with tert-alkyl or cyclic N) is 1. The zero-order valence-corrected chi connectivity index (χ0v) is 25.8. The van der Waals surface area contributed by atoms with Crippen molar-refractivity contribution in [2.45, 2.75) is 42.7 Å². The molecule has 2 aliphatic carbocycles. The average molecular weight is 698 g/mol. The quantitative estimate of drug-likeness (QED) is 0.238. The number of carbonyl (C=O) groups is 3. The number of piperidine rings is 1. The van der Waals surface area contributed by atoms with Crippen LogP contribution in [0.3, 0.4) is 0 Å². The van der Waals surface area contributed by atoms with Crippen LogP contribution in [0.4, 0.5) is 32.4 Å². The number of hydrogen-bond donors (Lipinski definition) is 5. The fraction of sp³-hybridized carbons (Fsp3) is 0.483. The molecule has 2 saturated heterocycles. The standard InChI is InChI=1S/C29H29ClF5N9O4/c1-42-19(16-11-44(21-5-28(21,31)32)41-23(16)29(33,34)35)7-37-24(42)26(47)38-12-2-3-13(17(30)4-12)25(46)40-22-14-9-43(10-15(14)22)27(48)39-18-6-36-8-20(18)45/h2-4,7,11,14-15,18,20-22,36,45H,5-6,8-10H2,1H3,(H,38,47)(H,39,48)(H,40,46)/t14-,15+,18-,20-,21-,22+/m0/s1. The van der Waals surface area contributed by atoms with Gasteiger partial charge < -0.3 is 35.8 Å². The molecule has 2 saturated carbocycles. The van der Waals surface area contributed by atoms with Crippen molar-refractivity contribution < 1.29 is 41.4 Å². The van der Waals surface area contributed by atoms with Crippen LogP contribution in [-0.2, 0) is 13.2 Å². The van der Waals surface area contributed by atoms with Crippen LogP contribution in [-0.4, -0.2) is 97.5 Å². The number of halogens is 6. The molecular formula is C29H29ClF5N9O4. The Kier molecular flexibility index (Phi) is 7.67. The Morgan fingerprint density at radius 1 is 1.10 bits per heavy atom. The first kappa shape index (κ1) is 32.3. The second kappa shape index (κ2) is 11.4. The summed E-state index contributed by atoms with van der Waals surface area (Å²) in [5.41, 5.74) is -1.72. The molecule has 3 aromatic rings. The summed E-state index contributed by atoms with van der Waals surface area (Å²) in [6.07, 6.45) is -4.32. The number of urea groups is 1. The number of nitrogens with zero attached hydrogens (tertiary/aromatic N) is 5. The lowest BCUT2D eigenvalue weighted by molar-refractivity contribution is -0.141. The number of alkyl halides is 5. The van der Waals surface area contributed by atoms with E-state index in [0.717, 1.165) is 17.0 Å². The van der Waals surface area contributed by atoms with Gasteiger partial charge in [-0.05, 0) is 18.2 Å². The van der Waals surface area contributed by atoms with Crippen LogP contribution < -0.4 is 21.3 Å². The number of hydrogen-bond acceptors (Lipinski definition) is 7. The third-order valence-electron chi connectivity index (χ3n) is 9.32. The number of amides is 4. The van der Waals surface area contributed by atoms with Crippen LogP contribution in [0.5, 0.6) is 0 Å². The Balaban J connectivity index is 0.967. The summed E-state index contributed by atoms with van der Waals surface area (Å²) in [6.45, 7) is 1.83. The smallest absolute Gasteiger partial charge is 0.390 e. The molecule has 2 aliphatic heterocycles. The molecule has 1 aromatic carbocycles. The number of fused-ring (bicyclic) bond motifs is 1. The van der Waals surface area contributed by atoms with Gasteiger partial charge in [-0.25, -0.2) is 18.6 Å². The molecule has 4 aliphatic rings. The first-order valence-corrected chi connectivity index (χ1v) is 15.4. The number of benzene rings is 1. The van der Waals surface area contributed by atoms with Crippen LogP contribution in [0.25, 0.3) is 11.3 Å². The Morgan fingerprint density at radius 2 is 1.81 bits per heavy atom. The Labute approximate surface area is 273 Å². The Hall–Kier alpha value is -4.29. The van der Waals surface area contributed by atoms with Crippen molar-refractivity contribution in [1.82, 2.24) is 40.2 Å². The Morgan fingerprint density at radius 3 is 2.42 bits per heavy atom. The van der Waals surface area contributed by atoms with Crippen LogP contribution in [0, 0.1) is 11.8 Å². The molecule has 5 N–H and O–H groups in total. The minimum atomic E-state index is -4.95. The average Bonchev–Trinajstić information content (AvgIpc) is 3.46. The van der Waals surface area contributed by atoms with E-state index in [1.54, 1.807) is 4.90 Å². The highest BCUT2D eigenvalue weighted by Crippen LogP contribution is 2.53. The maximum absolute atomic E-state index is 13.7. The summed E-state index contributed by atoms with van der Waals surface area (Å²) < 4.78 is 70.0. The van der Waals surface area contributed by atoms with Gasteiger partial charge in [-0.1, -0.05) is 11.6 Å². The van der Waals surface area contributed by atoms with Crippen molar-refractivity contribution in [2.24, 2.45) is 18.9 Å². The van der Waals surface area contributed by atoms with Gasteiger partial charge in [0.25, 0.3) is 17.7 Å². The van der Waals surface area contributed by atoms with Crippen LogP contribution in [0.15, 0.2) is 30.6 Å². The maximum Gasteiger partial charge on any atom is 0.435 e. The summed E-state index contributed by atoms with van der Waals surface area (Å²) >= 11 is 6.38. The number of imidazole rings is 1. The van der Waals surface area contributed by atoms with Gasteiger partial charge in [0, 0.05) is 69.4 Å². The fourth-order valence-electron chi connectivity index (χ4n) is 6.47. The third-order valence-corrected chi connectivity index (χ3v) is 9.63. The van der Waals surface area contributed by atoms with E-state index >= 15 is 0 Å². The summed E-state index contributed by atoms with van der Waals surface area (Å²) in [7, 11) is 1.30. The number of nitrogens with one attached hydrogen (secondary N) is 4. The second-order valence-corrected chi connectivity index (χ2v) is 12.9. The van der Waals surface area contributed by atoms with Crippen LogP contribution >= 0.6 is 11.6 Å². The Bertz CT molecular complexity index is 1800. The van der Waals surface area contributed by atoms with Crippen molar-refractivity contribution in [1.29, 1.82) is 0 Å². The largest absolute Gasteiger partial charge is 0.435 e. The van der Waals surface area contributed by atoms with Crippen molar-refractivity contribution in [2.75, 3.05) is 31.5 Å². The molecule has 0 unspecified atom stereocenters.